The number of halogens is 3. The number of ether oxygens (including phenoxy) is 1. The van der Waals surface area contributed by atoms with E-state index < -0.39 is 33.1 Å². The van der Waals surface area contributed by atoms with Crippen LogP contribution in [-0.4, -0.2) is 26.8 Å². The summed E-state index contributed by atoms with van der Waals surface area (Å²) in [5.41, 5.74) is -5.90. The minimum absolute atomic E-state index is 0.0447. The molecule has 1 aromatic carbocycles. The molecule has 0 bridgehead atoms. The molecular weight excluding hydrogens is 337 g/mol. The van der Waals surface area contributed by atoms with Crippen molar-refractivity contribution in [2.45, 2.75) is 18.3 Å². The first-order valence-corrected chi connectivity index (χ1v) is 7.95. The number of ketones is 1. The molecule has 0 aliphatic heterocycles. The second kappa shape index (κ2) is 6.23. The van der Waals surface area contributed by atoms with Crippen molar-refractivity contribution in [3.05, 3.63) is 35.9 Å². The van der Waals surface area contributed by atoms with Crippen molar-refractivity contribution in [3.8, 4) is 11.5 Å². The standard InChI is InChI=1S/C14H13F3O5S/c1-21-10-7-4-8-11(22-23(19,20)14(15,16)17)12(10)13(18)9-5-2-3-6-9/h2-4,7-9H,5-6H2,1H3. The van der Waals surface area contributed by atoms with E-state index in [0.29, 0.717) is 12.8 Å². The molecule has 0 fully saturated rings. The maximum absolute atomic E-state index is 12.5. The van der Waals surface area contributed by atoms with E-state index in [9.17, 15) is 26.4 Å². The molecular formula is C14H13F3O5S. The zero-order valence-electron chi connectivity index (χ0n) is 12.0. The van der Waals surface area contributed by atoms with Crippen molar-refractivity contribution < 1.29 is 35.3 Å². The number of Topliss-reactive ketones (excluding diaryl/α,β-unsaturated/α-hetero) is 1. The molecule has 0 N–H and O–H groups in total. The number of alkyl halides is 3. The fourth-order valence-corrected chi connectivity index (χ4v) is 2.66. The molecule has 0 amide bonds. The third-order valence-corrected chi connectivity index (χ3v) is 4.28. The molecule has 5 nitrogen and oxygen atoms in total. The van der Waals surface area contributed by atoms with E-state index >= 15 is 0 Å². The normalized spacial score (nSPS) is 15.7. The first-order chi connectivity index (χ1) is 10.7. The largest absolute Gasteiger partial charge is 0.534 e. The van der Waals surface area contributed by atoms with Crippen LogP contribution in [0.2, 0.25) is 0 Å². The van der Waals surface area contributed by atoms with Crippen LogP contribution in [0.25, 0.3) is 0 Å². The molecule has 1 aromatic rings. The van der Waals surface area contributed by atoms with Crippen LogP contribution in [0.3, 0.4) is 0 Å². The molecule has 0 atom stereocenters. The minimum atomic E-state index is -5.88. The smallest absolute Gasteiger partial charge is 0.496 e. The van der Waals surface area contributed by atoms with Crippen LogP contribution < -0.4 is 8.92 Å². The number of benzene rings is 1. The Hall–Kier alpha value is -2.03. The molecule has 0 saturated heterocycles. The zero-order chi connectivity index (χ0) is 17.3. The molecule has 0 saturated carbocycles. The van der Waals surface area contributed by atoms with Gasteiger partial charge in [0, 0.05) is 5.92 Å². The monoisotopic (exact) mass is 350 g/mol. The Morgan fingerprint density at radius 1 is 1.17 bits per heavy atom. The molecule has 23 heavy (non-hydrogen) atoms. The van der Waals surface area contributed by atoms with E-state index in [1.165, 1.54) is 19.2 Å². The van der Waals surface area contributed by atoms with Gasteiger partial charge in [0.15, 0.2) is 11.5 Å². The van der Waals surface area contributed by atoms with Crippen LogP contribution in [0.15, 0.2) is 30.4 Å². The van der Waals surface area contributed by atoms with Gasteiger partial charge in [0.05, 0.1) is 7.11 Å². The summed E-state index contributed by atoms with van der Waals surface area (Å²) in [6.45, 7) is 0. The average Bonchev–Trinajstić information content (AvgIpc) is 2.98. The molecule has 0 heterocycles. The molecule has 1 aliphatic carbocycles. The van der Waals surface area contributed by atoms with Crippen LogP contribution in [0.5, 0.6) is 11.5 Å². The summed E-state index contributed by atoms with van der Waals surface area (Å²) < 4.78 is 69.0. The Balaban J connectivity index is 2.46. The summed E-state index contributed by atoms with van der Waals surface area (Å²) in [7, 11) is -4.66. The van der Waals surface area contributed by atoms with Crippen molar-refractivity contribution in [1.29, 1.82) is 0 Å². The lowest BCUT2D eigenvalue weighted by Gasteiger charge is -2.17. The van der Waals surface area contributed by atoms with Gasteiger partial charge in [-0.05, 0) is 25.0 Å². The van der Waals surface area contributed by atoms with Gasteiger partial charge < -0.3 is 8.92 Å². The molecule has 0 radical (unpaired) electrons. The maximum Gasteiger partial charge on any atom is 0.534 e. The van der Waals surface area contributed by atoms with Crippen molar-refractivity contribution in [1.82, 2.24) is 0 Å². The second-order valence-corrected chi connectivity index (χ2v) is 6.36. The fraction of sp³-hybridized carbons (Fsp3) is 0.357. The van der Waals surface area contributed by atoms with Crippen molar-refractivity contribution >= 4 is 15.9 Å². The lowest BCUT2D eigenvalue weighted by molar-refractivity contribution is -0.0500. The summed E-state index contributed by atoms with van der Waals surface area (Å²) in [5.74, 6) is -1.75. The van der Waals surface area contributed by atoms with Crippen LogP contribution in [0.4, 0.5) is 13.2 Å². The first kappa shape index (κ1) is 17.3. The lowest BCUT2D eigenvalue weighted by atomic mass is 9.94. The number of allylic oxidation sites excluding steroid dienone is 2. The predicted molar refractivity (Wildman–Crippen MR) is 74.8 cm³/mol. The van der Waals surface area contributed by atoms with Crippen molar-refractivity contribution in [2.75, 3.05) is 7.11 Å². The minimum Gasteiger partial charge on any atom is -0.496 e. The Bertz CT molecular complexity index is 729. The van der Waals surface area contributed by atoms with Crippen LogP contribution in [0.1, 0.15) is 23.2 Å². The Kier molecular flexibility index (Phi) is 4.69. The summed E-state index contributed by atoms with van der Waals surface area (Å²) in [6, 6.07) is 3.58. The third-order valence-electron chi connectivity index (χ3n) is 3.32. The van der Waals surface area contributed by atoms with Gasteiger partial charge in [-0.3, -0.25) is 4.79 Å². The number of methoxy groups -OCH3 is 1. The highest BCUT2D eigenvalue weighted by Crippen LogP contribution is 2.36. The Morgan fingerprint density at radius 3 is 2.26 bits per heavy atom. The zero-order valence-corrected chi connectivity index (χ0v) is 12.8. The van der Waals surface area contributed by atoms with Gasteiger partial charge in [-0.15, -0.1) is 0 Å². The van der Waals surface area contributed by atoms with Gasteiger partial charge in [-0.2, -0.15) is 21.6 Å². The van der Waals surface area contributed by atoms with E-state index in [0.717, 1.165) is 6.07 Å². The summed E-state index contributed by atoms with van der Waals surface area (Å²) in [6.07, 6.45) is 4.38. The second-order valence-electron chi connectivity index (χ2n) is 4.82. The number of rotatable bonds is 5. The van der Waals surface area contributed by atoms with Gasteiger partial charge in [-0.25, -0.2) is 0 Å². The number of hydrogen-bond donors (Lipinski definition) is 0. The fourth-order valence-electron chi connectivity index (χ4n) is 2.19. The molecule has 0 spiro atoms. The predicted octanol–water partition coefficient (Wildman–Crippen LogP) is 3.07. The lowest BCUT2D eigenvalue weighted by Crippen LogP contribution is -2.29. The Labute approximate surface area is 130 Å². The number of carbonyl (C=O) groups excluding carboxylic acids is 1. The highest BCUT2D eigenvalue weighted by Gasteiger charge is 2.49. The van der Waals surface area contributed by atoms with Crippen LogP contribution in [-0.2, 0) is 10.1 Å². The molecule has 2 rings (SSSR count). The van der Waals surface area contributed by atoms with E-state index in [2.05, 4.69) is 4.18 Å². The highest BCUT2D eigenvalue weighted by molar-refractivity contribution is 7.88. The van der Waals surface area contributed by atoms with E-state index in [4.69, 9.17) is 4.74 Å². The van der Waals surface area contributed by atoms with Gasteiger partial charge >= 0.3 is 15.6 Å². The summed E-state index contributed by atoms with van der Waals surface area (Å²) in [4.78, 5) is 12.5. The average molecular weight is 350 g/mol. The third kappa shape index (κ3) is 3.49. The van der Waals surface area contributed by atoms with Crippen molar-refractivity contribution in [3.63, 3.8) is 0 Å². The van der Waals surface area contributed by atoms with Crippen LogP contribution >= 0.6 is 0 Å². The topological polar surface area (TPSA) is 69.7 Å². The number of hydrogen-bond acceptors (Lipinski definition) is 5. The van der Waals surface area contributed by atoms with Gasteiger partial charge in [-0.1, -0.05) is 18.2 Å². The van der Waals surface area contributed by atoms with E-state index in [1.807, 2.05) is 0 Å². The highest BCUT2D eigenvalue weighted by atomic mass is 32.2. The molecule has 9 heteroatoms. The maximum atomic E-state index is 12.5. The van der Waals surface area contributed by atoms with Gasteiger partial charge in [0.1, 0.15) is 11.3 Å². The molecule has 0 unspecified atom stereocenters. The molecule has 1 aliphatic rings. The summed E-state index contributed by atoms with van der Waals surface area (Å²) in [5, 5.41) is 0. The van der Waals surface area contributed by atoms with E-state index in [-0.39, 0.29) is 11.3 Å². The molecule has 126 valence electrons. The molecule has 0 aromatic heterocycles. The SMILES string of the molecule is COc1cccc(OS(=O)(=O)C(F)(F)F)c1C(=O)C1CC=CC1. The first-order valence-electron chi connectivity index (χ1n) is 6.54. The van der Waals surface area contributed by atoms with Crippen molar-refractivity contribution in [2.24, 2.45) is 5.92 Å². The number of carbonyl (C=O) groups is 1. The van der Waals surface area contributed by atoms with Crippen LogP contribution in [0, 0.1) is 5.92 Å². The van der Waals surface area contributed by atoms with E-state index in [1.54, 1.807) is 12.2 Å². The van der Waals surface area contributed by atoms with Gasteiger partial charge in [0.25, 0.3) is 0 Å². The Morgan fingerprint density at radius 2 is 1.74 bits per heavy atom. The quantitative estimate of drug-likeness (QED) is 0.353. The summed E-state index contributed by atoms with van der Waals surface area (Å²) >= 11 is 0. The van der Waals surface area contributed by atoms with Gasteiger partial charge in [0.2, 0.25) is 0 Å².